The summed E-state index contributed by atoms with van der Waals surface area (Å²) in [6, 6.07) is 8.09. The van der Waals surface area contributed by atoms with Gasteiger partial charge < -0.3 is 13.9 Å². The quantitative estimate of drug-likeness (QED) is 0.148. The SMILES string of the molecule is C=C(CC(=O)OCC)[C@@H]1CC[C@]2(C(=O)O[Si](C)(C)C(C)(C)C)CC[C@]3(C)[C@H](CC[C@@H]4[C@@]5(C)CC=C(c6ccc(C(=O)OC(C)(C)C)cc6)C(C)(C)[C@@H]5CC[C@]43C)[C@@H]12. The van der Waals surface area contributed by atoms with Crippen LogP contribution in [0.2, 0.25) is 18.1 Å². The average Bonchev–Trinajstić information content (AvgIpc) is 3.48. The summed E-state index contributed by atoms with van der Waals surface area (Å²) in [7, 11) is -2.37. The second kappa shape index (κ2) is 14.5. The number of hydrogen-bond acceptors (Lipinski definition) is 6. The highest BCUT2D eigenvalue weighted by Crippen LogP contribution is 2.78. The van der Waals surface area contributed by atoms with E-state index in [9.17, 15) is 14.4 Å². The molecule has 4 fully saturated rings. The minimum absolute atomic E-state index is 0.0290. The number of carbonyl (C=O) groups excluding carboxylic acids is 3. The molecule has 0 saturated heterocycles. The molecule has 5 aliphatic carbocycles. The molecule has 0 spiro atoms. The van der Waals surface area contributed by atoms with Crippen LogP contribution in [0.1, 0.15) is 163 Å². The van der Waals surface area contributed by atoms with Gasteiger partial charge in [0.2, 0.25) is 0 Å². The van der Waals surface area contributed by atoms with Crippen LogP contribution >= 0.6 is 0 Å². The Hall–Kier alpha value is -2.67. The van der Waals surface area contributed by atoms with Gasteiger partial charge in [0.15, 0.2) is 0 Å². The lowest BCUT2D eigenvalue weighted by molar-refractivity contribution is -0.227. The van der Waals surface area contributed by atoms with Crippen molar-refractivity contribution in [1.29, 1.82) is 0 Å². The predicted octanol–water partition coefficient (Wildman–Crippen LogP) is 12.8. The number of rotatable bonds is 8. The molecule has 0 N–H and O–H groups in total. The average molecular weight is 801 g/mol. The number of benzene rings is 1. The first kappa shape index (κ1) is 43.9. The van der Waals surface area contributed by atoms with Crippen molar-refractivity contribution < 1.29 is 28.3 Å². The van der Waals surface area contributed by atoms with Crippen LogP contribution in [0.25, 0.3) is 5.57 Å². The van der Waals surface area contributed by atoms with Crippen LogP contribution in [0.3, 0.4) is 0 Å². The van der Waals surface area contributed by atoms with Crippen LogP contribution in [-0.4, -0.2) is 38.4 Å². The smallest absolute Gasteiger partial charge is 0.338 e. The van der Waals surface area contributed by atoms with Crippen LogP contribution in [0.5, 0.6) is 0 Å². The number of fused-ring (bicyclic) bond motifs is 7. The van der Waals surface area contributed by atoms with Crippen LogP contribution in [0.4, 0.5) is 0 Å². The topological polar surface area (TPSA) is 78.9 Å². The summed E-state index contributed by atoms with van der Waals surface area (Å²) >= 11 is 0. The fourth-order valence-electron chi connectivity index (χ4n) is 13.6. The van der Waals surface area contributed by atoms with Crippen molar-refractivity contribution in [2.24, 2.45) is 56.7 Å². The third kappa shape index (κ3) is 7.13. The lowest BCUT2D eigenvalue weighted by Crippen LogP contribution is -2.66. The zero-order valence-corrected chi connectivity index (χ0v) is 39.2. The molecule has 1 aromatic carbocycles. The van der Waals surface area contributed by atoms with Gasteiger partial charge in [0.1, 0.15) is 5.60 Å². The van der Waals surface area contributed by atoms with E-state index in [4.69, 9.17) is 13.9 Å². The monoisotopic (exact) mass is 801 g/mol. The van der Waals surface area contributed by atoms with Crippen molar-refractivity contribution in [3.63, 3.8) is 0 Å². The Morgan fingerprint density at radius 1 is 0.825 bits per heavy atom. The van der Waals surface area contributed by atoms with Crippen LogP contribution in [0.15, 0.2) is 42.5 Å². The van der Waals surface area contributed by atoms with Crippen molar-refractivity contribution in [1.82, 2.24) is 0 Å². The van der Waals surface area contributed by atoms with E-state index in [2.05, 4.69) is 93.3 Å². The Balaban J connectivity index is 1.33. The van der Waals surface area contributed by atoms with Gasteiger partial charge in [-0.2, -0.15) is 0 Å². The maximum atomic E-state index is 14.9. The Morgan fingerprint density at radius 2 is 1.47 bits per heavy atom. The minimum atomic E-state index is -2.37. The van der Waals surface area contributed by atoms with Crippen LogP contribution in [-0.2, 0) is 23.5 Å². The number of esters is 2. The van der Waals surface area contributed by atoms with Gasteiger partial charge in [-0.25, -0.2) is 4.79 Å². The summed E-state index contributed by atoms with van der Waals surface area (Å²) in [5.41, 5.74) is 3.26. The second-order valence-electron chi connectivity index (χ2n) is 22.9. The maximum Gasteiger partial charge on any atom is 0.338 e. The van der Waals surface area contributed by atoms with Gasteiger partial charge in [0.05, 0.1) is 24.0 Å². The molecular formula is C50H76O6Si. The molecule has 0 amide bonds. The lowest BCUT2D eigenvalue weighted by atomic mass is 9.32. The van der Waals surface area contributed by atoms with E-state index >= 15 is 0 Å². The summed E-state index contributed by atoms with van der Waals surface area (Å²) in [6.07, 6.45) is 11.9. The normalized spacial score (nSPS) is 36.0. The molecule has 316 valence electrons. The van der Waals surface area contributed by atoms with E-state index in [1.807, 2.05) is 39.8 Å². The lowest BCUT2D eigenvalue weighted by Gasteiger charge is -2.72. The maximum absolute atomic E-state index is 14.9. The van der Waals surface area contributed by atoms with Crippen molar-refractivity contribution in [3.05, 3.63) is 53.6 Å². The molecule has 1 aromatic rings. The Kier molecular flexibility index (Phi) is 11.2. The molecule has 6 rings (SSSR count). The summed E-state index contributed by atoms with van der Waals surface area (Å²) in [6.45, 7) is 36.3. The minimum Gasteiger partial charge on any atom is -0.519 e. The molecule has 5 aliphatic rings. The Bertz CT molecular complexity index is 1790. The van der Waals surface area contributed by atoms with E-state index in [1.54, 1.807) is 0 Å². The van der Waals surface area contributed by atoms with Crippen molar-refractivity contribution >= 4 is 31.8 Å². The predicted molar refractivity (Wildman–Crippen MR) is 233 cm³/mol. The molecule has 57 heavy (non-hydrogen) atoms. The molecule has 4 saturated carbocycles. The van der Waals surface area contributed by atoms with E-state index in [0.717, 1.165) is 56.9 Å². The van der Waals surface area contributed by atoms with Crippen LogP contribution < -0.4 is 0 Å². The van der Waals surface area contributed by atoms with Crippen LogP contribution in [0, 0.1) is 56.7 Å². The first-order valence-electron chi connectivity index (χ1n) is 22.3. The molecule has 0 aromatic heterocycles. The summed E-state index contributed by atoms with van der Waals surface area (Å²) < 4.78 is 17.9. The van der Waals surface area contributed by atoms with Crippen molar-refractivity contribution in [3.8, 4) is 0 Å². The summed E-state index contributed by atoms with van der Waals surface area (Å²) in [5, 5.41) is -0.0747. The zero-order chi connectivity index (χ0) is 42.4. The number of carbonyl (C=O) groups is 3. The van der Waals surface area contributed by atoms with Gasteiger partial charge >= 0.3 is 11.9 Å². The number of allylic oxidation sites excluding steroid dienone is 2. The molecule has 6 nitrogen and oxygen atoms in total. The highest BCUT2D eigenvalue weighted by molar-refractivity contribution is 6.75. The molecular weight excluding hydrogens is 725 g/mol. The first-order valence-corrected chi connectivity index (χ1v) is 25.2. The molecule has 0 radical (unpaired) electrons. The molecule has 9 atom stereocenters. The fourth-order valence-corrected chi connectivity index (χ4v) is 14.6. The molecule has 0 bridgehead atoms. The number of hydrogen-bond donors (Lipinski definition) is 0. The van der Waals surface area contributed by atoms with Gasteiger partial charge in [-0.3, -0.25) is 9.59 Å². The molecule has 0 aliphatic heterocycles. The first-order chi connectivity index (χ1) is 26.2. The third-order valence-electron chi connectivity index (χ3n) is 17.6. The zero-order valence-electron chi connectivity index (χ0n) is 38.2. The van der Waals surface area contributed by atoms with Gasteiger partial charge in [-0.1, -0.05) is 85.8 Å². The molecule has 0 unspecified atom stereocenters. The largest absolute Gasteiger partial charge is 0.519 e. The van der Waals surface area contributed by atoms with E-state index < -0.39 is 19.3 Å². The standard InChI is InChI=1S/C50H76O6Si/c1-16-54-40(51)31-32(2)35-23-28-50(43(53)56-57(14,15)45(6,7)8)30-29-48(12)37(41(35)50)21-22-39-47(11)26-24-36(46(9,10)38(47)25-27-49(39,48)13)33-17-19-34(20-18-33)42(52)55-44(3,4)5/h17-20,24,35,37-39,41H,2,16,21-23,25-31H2,1,3-15H3/t35-,37+,38-,39+,41+,47-,48+,49+,50-/m0/s1. The van der Waals surface area contributed by atoms with Gasteiger partial charge in [-0.15, -0.1) is 0 Å². The van der Waals surface area contributed by atoms with Gasteiger partial charge in [0.25, 0.3) is 14.3 Å². The molecule has 7 heteroatoms. The highest BCUT2D eigenvalue weighted by Gasteiger charge is 2.72. The fraction of sp³-hybridized carbons (Fsp3) is 0.740. The number of ether oxygens (including phenoxy) is 2. The summed E-state index contributed by atoms with van der Waals surface area (Å²) in [4.78, 5) is 40.7. The van der Waals surface area contributed by atoms with E-state index in [-0.39, 0.29) is 62.9 Å². The second-order valence-corrected chi connectivity index (χ2v) is 27.6. The summed E-state index contributed by atoms with van der Waals surface area (Å²) in [5.74, 6) is 1.14. The van der Waals surface area contributed by atoms with Crippen molar-refractivity contribution in [2.45, 2.75) is 171 Å². The van der Waals surface area contributed by atoms with E-state index in [0.29, 0.717) is 29.9 Å². The Labute approximate surface area is 346 Å². The van der Waals surface area contributed by atoms with Crippen molar-refractivity contribution in [2.75, 3.05) is 6.61 Å². The van der Waals surface area contributed by atoms with Gasteiger partial charge in [0, 0.05) is 0 Å². The third-order valence-corrected chi connectivity index (χ3v) is 21.9. The van der Waals surface area contributed by atoms with E-state index in [1.165, 1.54) is 17.6 Å². The highest BCUT2D eigenvalue weighted by atomic mass is 28.4. The Morgan fingerprint density at radius 3 is 2.07 bits per heavy atom. The molecule has 0 heterocycles. The van der Waals surface area contributed by atoms with Gasteiger partial charge in [-0.05, 0) is 178 Å².